The average molecular weight is 574 g/mol. The van der Waals surface area contributed by atoms with Crippen LogP contribution < -0.4 is 4.72 Å². The molecule has 1 N–H and O–H groups in total. The molecule has 0 fully saturated rings. The van der Waals surface area contributed by atoms with Crippen LogP contribution in [0.4, 0.5) is 35.1 Å². The van der Waals surface area contributed by atoms with Crippen LogP contribution in [0.5, 0.6) is 0 Å². The topological polar surface area (TPSA) is 55.4 Å². The highest BCUT2D eigenvalue weighted by Gasteiger charge is 2.41. The van der Waals surface area contributed by atoms with Crippen molar-refractivity contribution in [1.82, 2.24) is 4.72 Å². The number of halogens is 8. The predicted molar refractivity (Wildman–Crippen MR) is 126 cm³/mol. The van der Waals surface area contributed by atoms with Gasteiger partial charge in [0.05, 0.1) is 45.9 Å². The van der Waals surface area contributed by atoms with E-state index in [1.54, 1.807) is 0 Å². The molecule has 0 unspecified atom stereocenters. The molecule has 38 heavy (non-hydrogen) atoms. The summed E-state index contributed by atoms with van der Waals surface area (Å²) in [6, 6.07) is -0.411. The van der Waals surface area contributed by atoms with E-state index >= 15 is 8.78 Å². The van der Waals surface area contributed by atoms with Crippen molar-refractivity contribution in [3.05, 3.63) is 57.7 Å². The van der Waals surface area contributed by atoms with Crippen molar-refractivity contribution in [3.8, 4) is 11.1 Å². The van der Waals surface area contributed by atoms with E-state index in [-0.39, 0.29) is 29.4 Å². The van der Waals surface area contributed by atoms with E-state index in [1.165, 1.54) is 27.7 Å². The third-order valence-corrected chi connectivity index (χ3v) is 7.11. The molecule has 2 atom stereocenters. The molecular weight excluding hydrogens is 546 g/mol. The summed E-state index contributed by atoms with van der Waals surface area (Å²) in [5, 5.41) is 0. The fraction of sp³-hybridized carbons (Fsp3) is 0.480. The molecule has 0 aliphatic heterocycles. The lowest BCUT2D eigenvalue weighted by Crippen LogP contribution is -2.37. The van der Waals surface area contributed by atoms with Gasteiger partial charge in [0.15, 0.2) is 0 Å². The van der Waals surface area contributed by atoms with E-state index in [0.29, 0.717) is 12.1 Å². The van der Waals surface area contributed by atoms with Crippen LogP contribution in [0.1, 0.15) is 68.0 Å². The Bertz CT molecular complexity index is 1210. The smallest absolute Gasteiger partial charge is 0.419 e. The first-order valence-electron chi connectivity index (χ1n) is 11.3. The fourth-order valence-corrected chi connectivity index (χ4v) is 4.61. The monoisotopic (exact) mass is 573 g/mol. The highest BCUT2D eigenvalue weighted by Crippen LogP contribution is 2.43. The van der Waals surface area contributed by atoms with Gasteiger partial charge >= 0.3 is 18.3 Å². The van der Waals surface area contributed by atoms with E-state index in [0.717, 1.165) is 13.8 Å². The molecule has 2 rings (SSSR count). The number of hydrogen-bond donors (Lipinski definition) is 1. The molecule has 212 valence electrons. The van der Waals surface area contributed by atoms with Crippen LogP contribution in [0.15, 0.2) is 18.2 Å². The van der Waals surface area contributed by atoms with Gasteiger partial charge in [0.1, 0.15) is 11.6 Å². The summed E-state index contributed by atoms with van der Waals surface area (Å²) in [6.45, 7) is 8.04. The van der Waals surface area contributed by atoms with Gasteiger partial charge in [-0.3, -0.25) is 4.79 Å². The van der Waals surface area contributed by atoms with E-state index in [4.69, 9.17) is 4.74 Å². The van der Waals surface area contributed by atoms with Gasteiger partial charge in [0.25, 0.3) is 0 Å². The standard InChI is InChI=1S/C25H27F8NO3S/c1-7-37-18(35)11-17(34-38(36)23(4,5)6)20-21(26)15(10-16(22(20)27)25(31,32)33)19-12(2)8-14(9-13(19)3)24(28,29)30/h8-10,17,34H,7,11H2,1-6H3/t17-,38+/m0/s1. The van der Waals surface area contributed by atoms with Crippen LogP contribution >= 0.6 is 0 Å². The molecule has 0 radical (unpaired) electrons. The van der Waals surface area contributed by atoms with E-state index < -0.39 is 80.4 Å². The Hall–Kier alpha value is -2.54. The van der Waals surface area contributed by atoms with Crippen molar-refractivity contribution in [1.29, 1.82) is 0 Å². The lowest BCUT2D eigenvalue weighted by atomic mass is 9.88. The normalized spacial score (nSPS) is 14.4. The van der Waals surface area contributed by atoms with Crippen LogP contribution in [0.25, 0.3) is 11.1 Å². The lowest BCUT2D eigenvalue weighted by molar-refractivity contribution is -0.143. The number of aryl methyl sites for hydroxylation is 2. The molecule has 2 aromatic carbocycles. The quantitative estimate of drug-likeness (QED) is 0.279. The van der Waals surface area contributed by atoms with Crippen LogP contribution in [0.3, 0.4) is 0 Å². The van der Waals surface area contributed by atoms with Crippen molar-refractivity contribution in [2.45, 2.75) is 71.1 Å². The van der Waals surface area contributed by atoms with Crippen molar-refractivity contribution >= 4 is 17.0 Å². The van der Waals surface area contributed by atoms with Crippen molar-refractivity contribution in [2.24, 2.45) is 0 Å². The Morgan fingerprint density at radius 3 is 1.89 bits per heavy atom. The molecule has 0 bridgehead atoms. The van der Waals surface area contributed by atoms with Gasteiger partial charge in [-0.15, -0.1) is 0 Å². The lowest BCUT2D eigenvalue weighted by Gasteiger charge is -2.27. The Labute approximate surface area is 217 Å². The molecule has 13 heteroatoms. The maximum Gasteiger partial charge on any atom is 0.419 e. The number of esters is 1. The minimum absolute atomic E-state index is 0.142. The third-order valence-electron chi connectivity index (χ3n) is 5.50. The zero-order chi connectivity index (χ0) is 29.4. The molecule has 0 amide bonds. The molecule has 0 aliphatic rings. The third kappa shape index (κ3) is 7.10. The van der Waals surface area contributed by atoms with Crippen LogP contribution in [-0.2, 0) is 32.9 Å². The summed E-state index contributed by atoms with van der Waals surface area (Å²) < 4.78 is 132. The second kappa shape index (κ2) is 11.3. The maximum absolute atomic E-state index is 16.0. The van der Waals surface area contributed by atoms with Crippen LogP contribution in [0.2, 0.25) is 0 Å². The first kappa shape index (κ1) is 31.7. The Balaban J connectivity index is 2.94. The molecule has 0 saturated heterocycles. The molecule has 4 nitrogen and oxygen atoms in total. The summed E-state index contributed by atoms with van der Waals surface area (Å²) in [5.74, 6) is -4.63. The number of hydrogen-bond acceptors (Lipinski definition) is 3. The summed E-state index contributed by atoms with van der Waals surface area (Å²) >= 11 is 0. The second-order valence-electron chi connectivity index (χ2n) is 9.55. The van der Waals surface area contributed by atoms with Gasteiger partial charge in [-0.05, 0) is 76.4 Å². The van der Waals surface area contributed by atoms with Gasteiger partial charge in [0.2, 0.25) is 0 Å². The summed E-state index contributed by atoms with van der Waals surface area (Å²) in [7, 11) is -2.10. The van der Waals surface area contributed by atoms with Gasteiger partial charge in [-0.2, -0.15) is 26.3 Å². The first-order valence-corrected chi connectivity index (χ1v) is 12.5. The molecule has 2 aromatic rings. The number of ether oxygens (including phenoxy) is 1. The highest BCUT2D eigenvalue weighted by molar-refractivity contribution is 7.84. The SMILES string of the molecule is CCOC(=O)C[C@H](N[S@](=O)C(C)(C)C)c1c(F)c(-c2c(C)cc(C(F)(F)F)cc2C)cc(C(F)(F)F)c1F. The summed E-state index contributed by atoms with van der Waals surface area (Å²) in [6.07, 6.45) is -11.0. The zero-order valence-electron chi connectivity index (χ0n) is 21.4. The zero-order valence-corrected chi connectivity index (χ0v) is 22.2. The van der Waals surface area contributed by atoms with Crippen LogP contribution in [0, 0.1) is 25.5 Å². The molecule has 0 saturated carbocycles. The maximum atomic E-state index is 16.0. The van der Waals surface area contributed by atoms with Crippen LogP contribution in [-0.4, -0.2) is 21.5 Å². The molecular formula is C25H27F8NO3S. The first-order chi connectivity index (χ1) is 17.2. The van der Waals surface area contributed by atoms with Gasteiger partial charge in [0, 0.05) is 11.1 Å². The van der Waals surface area contributed by atoms with E-state index in [1.807, 2.05) is 0 Å². The van der Waals surface area contributed by atoms with Crippen molar-refractivity contribution in [2.75, 3.05) is 6.61 Å². The number of benzene rings is 2. The minimum Gasteiger partial charge on any atom is -0.466 e. The van der Waals surface area contributed by atoms with Gasteiger partial charge in [-0.25, -0.2) is 17.7 Å². The Morgan fingerprint density at radius 1 is 0.947 bits per heavy atom. The molecule has 0 aliphatic carbocycles. The van der Waals surface area contributed by atoms with E-state index in [2.05, 4.69) is 4.72 Å². The number of carbonyl (C=O) groups is 1. The number of alkyl halides is 6. The summed E-state index contributed by atoms with van der Waals surface area (Å²) in [4.78, 5) is 12.2. The second-order valence-corrected chi connectivity index (χ2v) is 11.6. The Kier molecular flexibility index (Phi) is 9.41. The largest absolute Gasteiger partial charge is 0.466 e. The number of carbonyl (C=O) groups excluding carboxylic acids is 1. The minimum atomic E-state index is -5.34. The Morgan fingerprint density at radius 2 is 1.47 bits per heavy atom. The highest BCUT2D eigenvalue weighted by atomic mass is 32.2. The number of nitrogens with one attached hydrogen (secondary N) is 1. The van der Waals surface area contributed by atoms with Crippen molar-refractivity contribution < 1.29 is 48.9 Å². The predicted octanol–water partition coefficient (Wildman–Crippen LogP) is 7.33. The van der Waals surface area contributed by atoms with Crippen molar-refractivity contribution in [3.63, 3.8) is 0 Å². The average Bonchev–Trinajstić information content (AvgIpc) is 2.72. The summed E-state index contributed by atoms with van der Waals surface area (Å²) in [5.41, 5.74) is -5.80. The van der Waals surface area contributed by atoms with E-state index in [9.17, 15) is 35.3 Å². The molecule has 0 heterocycles. The fourth-order valence-electron chi connectivity index (χ4n) is 3.80. The van der Waals surface area contributed by atoms with Gasteiger partial charge in [-0.1, -0.05) is 0 Å². The molecule has 0 spiro atoms. The molecule has 0 aromatic heterocycles. The number of rotatable bonds is 7. The van der Waals surface area contributed by atoms with Gasteiger partial charge < -0.3 is 4.74 Å².